The first kappa shape index (κ1) is 15.3. The van der Waals surface area contributed by atoms with Crippen LogP contribution in [0, 0.1) is 10.8 Å². The molecule has 112 valence electrons. The van der Waals surface area contributed by atoms with Crippen molar-refractivity contribution in [2.24, 2.45) is 10.8 Å². The van der Waals surface area contributed by atoms with Crippen molar-refractivity contribution in [2.45, 2.75) is 59.0 Å². The molecule has 0 aromatic carbocycles. The summed E-state index contributed by atoms with van der Waals surface area (Å²) in [4.78, 5) is 0. The number of hydrogen-bond donors (Lipinski definition) is 0. The summed E-state index contributed by atoms with van der Waals surface area (Å²) in [6.07, 6.45) is 6.65. The van der Waals surface area contributed by atoms with Gasteiger partial charge in [-0.1, -0.05) is 20.3 Å². The molecule has 1 heterocycles. The van der Waals surface area contributed by atoms with Gasteiger partial charge in [-0.3, -0.25) is 0 Å². The standard InChI is InChI=1S/C16H30O3/c1-4-15(7-6-8-15)13-19-14(3)9-17-10-16(5-2)11-18-12-16/h14H,4-13H2,1-3H3. The van der Waals surface area contributed by atoms with Gasteiger partial charge in [-0.2, -0.15) is 0 Å². The van der Waals surface area contributed by atoms with Crippen LogP contribution in [0.15, 0.2) is 0 Å². The van der Waals surface area contributed by atoms with Gasteiger partial charge in [-0.25, -0.2) is 0 Å². The Morgan fingerprint density at radius 2 is 1.74 bits per heavy atom. The highest BCUT2D eigenvalue weighted by atomic mass is 16.5. The first-order valence-corrected chi connectivity index (χ1v) is 7.91. The SMILES string of the molecule is CCC1(COCC(C)OCC2(CC)CCC2)COC1. The topological polar surface area (TPSA) is 27.7 Å². The van der Waals surface area contributed by atoms with E-state index in [0.717, 1.165) is 32.8 Å². The summed E-state index contributed by atoms with van der Waals surface area (Å²) in [6.45, 7) is 10.8. The van der Waals surface area contributed by atoms with Crippen LogP contribution in [0.3, 0.4) is 0 Å². The molecule has 0 spiro atoms. The third-order valence-electron chi connectivity index (χ3n) is 5.17. The molecule has 1 saturated carbocycles. The summed E-state index contributed by atoms with van der Waals surface area (Å²) in [7, 11) is 0. The van der Waals surface area contributed by atoms with Crippen molar-refractivity contribution in [1.29, 1.82) is 0 Å². The normalized spacial score (nSPS) is 25.4. The molecular formula is C16H30O3. The van der Waals surface area contributed by atoms with E-state index in [1.54, 1.807) is 0 Å². The fourth-order valence-electron chi connectivity index (χ4n) is 2.87. The number of hydrogen-bond acceptors (Lipinski definition) is 3. The van der Waals surface area contributed by atoms with Gasteiger partial charge >= 0.3 is 0 Å². The summed E-state index contributed by atoms with van der Waals surface area (Å²) in [5.74, 6) is 0. The van der Waals surface area contributed by atoms with E-state index in [-0.39, 0.29) is 6.10 Å². The van der Waals surface area contributed by atoms with Gasteiger partial charge in [-0.05, 0) is 38.0 Å². The molecule has 0 amide bonds. The minimum Gasteiger partial charge on any atom is -0.380 e. The highest BCUT2D eigenvalue weighted by Crippen LogP contribution is 2.44. The van der Waals surface area contributed by atoms with Gasteiger partial charge in [0.2, 0.25) is 0 Å². The van der Waals surface area contributed by atoms with Crippen molar-refractivity contribution in [3.63, 3.8) is 0 Å². The minimum atomic E-state index is 0.207. The van der Waals surface area contributed by atoms with Crippen molar-refractivity contribution >= 4 is 0 Å². The maximum atomic E-state index is 5.98. The highest BCUT2D eigenvalue weighted by molar-refractivity contribution is 4.86. The predicted octanol–water partition coefficient (Wildman–Crippen LogP) is 3.42. The Hall–Kier alpha value is -0.120. The van der Waals surface area contributed by atoms with Gasteiger partial charge in [0.05, 0.1) is 39.1 Å². The molecule has 2 rings (SSSR count). The molecule has 0 aromatic heterocycles. The monoisotopic (exact) mass is 270 g/mol. The lowest BCUT2D eigenvalue weighted by Gasteiger charge is -2.42. The third kappa shape index (κ3) is 3.71. The number of ether oxygens (including phenoxy) is 3. The van der Waals surface area contributed by atoms with E-state index in [1.807, 2.05) is 0 Å². The fraction of sp³-hybridized carbons (Fsp3) is 1.00. The summed E-state index contributed by atoms with van der Waals surface area (Å²) < 4.78 is 17.1. The van der Waals surface area contributed by atoms with Gasteiger partial charge < -0.3 is 14.2 Å². The average Bonchev–Trinajstić information content (AvgIpc) is 2.32. The lowest BCUT2D eigenvalue weighted by atomic mass is 9.68. The molecule has 3 nitrogen and oxygen atoms in total. The van der Waals surface area contributed by atoms with Crippen LogP contribution in [0.1, 0.15) is 52.9 Å². The molecular weight excluding hydrogens is 240 g/mol. The Labute approximate surface area is 118 Å². The average molecular weight is 270 g/mol. The van der Waals surface area contributed by atoms with Crippen molar-refractivity contribution in [2.75, 3.05) is 33.0 Å². The van der Waals surface area contributed by atoms with Crippen molar-refractivity contribution < 1.29 is 14.2 Å². The van der Waals surface area contributed by atoms with E-state index < -0.39 is 0 Å². The third-order valence-corrected chi connectivity index (χ3v) is 5.17. The second-order valence-corrected chi connectivity index (χ2v) is 6.69. The predicted molar refractivity (Wildman–Crippen MR) is 76.4 cm³/mol. The van der Waals surface area contributed by atoms with Gasteiger partial charge in [0, 0.05) is 5.41 Å². The zero-order chi connectivity index (χ0) is 13.8. The molecule has 1 unspecified atom stereocenters. The van der Waals surface area contributed by atoms with E-state index >= 15 is 0 Å². The Balaban J connectivity index is 1.58. The van der Waals surface area contributed by atoms with E-state index in [2.05, 4.69) is 20.8 Å². The Kier molecular flexibility index (Phi) is 5.27. The van der Waals surface area contributed by atoms with Crippen LogP contribution in [0.5, 0.6) is 0 Å². The summed E-state index contributed by atoms with van der Waals surface area (Å²) in [6, 6.07) is 0. The molecule has 1 aliphatic heterocycles. The first-order valence-electron chi connectivity index (χ1n) is 7.91. The minimum absolute atomic E-state index is 0.207. The van der Waals surface area contributed by atoms with Gasteiger partial charge in [0.25, 0.3) is 0 Å². The summed E-state index contributed by atoms with van der Waals surface area (Å²) in [5.41, 5.74) is 0.777. The maximum absolute atomic E-state index is 5.98. The van der Waals surface area contributed by atoms with Crippen LogP contribution in [-0.4, -0.2) is 39.1 Å². The molecule has 1 saturated heterocycles. The molecule has 1 aliphatic carbocycles. The fourth-order valence-corrected chi connectivity index (χ4v) is 2.87. The van der Waals surface area contributed by atoms with Crippen molar-refractivity contribution in [1.82, 2.24) is 0 Å². The van der Waals surface area contributed by atoms with E-state index in [9.17, 15) is 0 Å². The van der Waals surface area contributed by atoms with Crippen LogP contribution < -0.4 is 0 Å². The van der Waals surface area contributed by atoms with Crippen molar-refractivity contribution in [3.05, 3.63) is 0 Å². The zero-order valence-corrected chi connectivity index (χ0v) is 12.9. The summed E-state index contributed by atoms with van der Waals surface area (Å²) in [5, 5.41) is 0. The molecule has 0 radical (unpaired) electrons. The zero-order valence-electron chi connectivity index (χ0n) is 12.9. The van der Waals surface area contributed by atoms with Gasteiger partial charge in [-0.15, -0.1) is 0 Å². The Morgan fingerprint density at radius 1 is 1.05 bits per heavy atom. The van der Waals surface area contributed by atoms with Crippen LogP contribution in [0.25, 0.3) is 0 Å². The van der Waals surface area contributed by atoms with Crippen LogP contribution in [0.4, 0.5) is 0 Å². The van der Waals surface area contributed by atoms with Crippen LogP contribution in [-0.2, 0) is 14.2 Å². The lowest BCUT2D eigenvalue weighted by Crippen LogP contribution is -2.46. The van der Waals surface area contributed by atoms with Crippen molar-refractivity contribution in [3.8, 4) is 0 Å². The smallest absolute Gasteiger partial charge is 0.0780 e. The molecule has 0 bridgehead atoms. The maximum Gasteiger partial charge on any atom is 0.0780 e. The second kappa shape index (κ2) is 6.55. The Bertz CT molecular complexity index is 258. The lowest BCUT2D eigenvalue weighted by molar-refractivity contribution is -0.159. The molecule has 3 heteroatoms. The van der Waals surface area contributed by atoms with Gasteiger partial charge in [0.15, 0.2) is 0 Å². The van der Waals surface area contributed by atoms with E-state index in [0.29, 0.717) is 17.4 Å². The largest absolute Gasteiger partial charge is 0.380 e. The molecule has 2 fully saturated rings. The highest BCUT2D eigenvalue weighted by Gasteiger charge is 2.37. The molecule has 0 N–H and O–H groups in total. The van der Waals surface area contributed by atoms with E-state index in [4.69, 9.17) is 14.2 Å². The quantitative estimate of drug-likeness (QED) is 0.642. The van der Waals surface area contributed by atoms with Crippen LogP contribution in [0.2, 0.25) is 0 Å². The van der Waals surface area contributed by atoms with Crippen LogP contribution >= 0.6 is 0 Å². The Morgan fingerprint density at radius 3 is 2.16 bits per heavy atom. The summed E-state index contributed by atoms with van der Waals surface area (Å²) >= 11 is 0. The second-order valence-electron chi connectivity index (χ2n) is 6.69. The van der Waals surface area contributed by atoms with Gasteiger partial charge in [0.1, 0.15) is 0 Å². The molecule has 1 atom stereocenters. The number of rotatable bonds is 9. The molecule has 2 aliphatic rings. The molecule has 0 aromatic rings. The molecule has 19 heavy (non-hydrogen) atoms. The first-order chi connectivity index (χ1) is 9.14. The van der Waals surface area contributed by atoms with E-state index in [1.165, 1.54) is 25.7 Å².